The molecule has 0 amide bonds. The van der Waals surface area contributed by atoms with Gasteiger partial charge in [-0.25, -0.2) is 9.78 Å². The maximum absolute atomic E-state index is 10.8. The van der Waals surface area contributed by atoms with Crippen LogP contribution in [0.25, 0.3) is 0 Å². The highest BCUT2D eigenvalue weighted by atomic mass is 16.4. The Kier molecular flexibility index (Phi) is 2.20. The number of nitrogen functional groups attached to an aromatic ring is 1. The van der Waals surface area contributed by atoms with E-state index < -0.39 is 5.97 Å². The first-order valence-electron chi connectivity index (χ1n) is 4.50. The number of carboxylic acids is 1. The number of carboxylic acid groups (broad SMARTS) is 1. The van der Waals surface area contributed by atoms with Crippen LogP contribution in [0.5, 0.6) is 0 Å². The maximum Gasteiger partial charge on any atom is 0.337 e. The van der Waals surface area contributed by atoms with Gasteiger partial charge in [0.1, 0.15) is 0 Å². The SMILES string of the molecule is Nc1c(C(=O)O)ccnc1N1CC(O)C1. The summed E-state index contributed by atoms with van der Waals surface area (Å²) >= 11 is 0. The average Bonchev–Trinajstić information content (AvgIpc) is 2.13. The highest BCUT2D eigenvalue weighted by molar-refractivity contribution is 5.96. The zero-order valence-corrected chi connectivity index (χ0v) is 7.92. The van der Waals surface area contributed by atoms with Crippen LogP contribution in [-0.4, -0.2) is 40.4 Å². The van der Waals surface area contributed by atoms with E-state index in [0.717, 1.165) is 0 Å². The van der Waals surface area contributed by atoms with Crippen molar-refractivity contribution in [3.63, 3.8) is 0 Å². The number of rotatable bonds is 2. The largest absolute Gasteiger partial charge is 0.478 e. The number of aliphatic hydroxyl groups excluding tert-OH is 1. The molecule has 6 nitrogen and oxygen atoms in total. The number of aromatic carboxylic acids is 1. The Labute approximate surface area is 86.0 Å². The molecule has 2 rings (SSSR count). The van der Waals surface area contributed by atoms with Gasteiger partial charge in [-0.15, -0.1) is 0 Å². The number of aliphatic hydroxyl groups is 1. The number of β-amino-alcohol motifs (C(OH)–C–C–N with tert-alkyl or cyclic N) is 1. The Morgan fingerprint density at radius 1 is 1.60 bits per heavy atom. The molecule has 0 aromatic carbocycles. The third-order valence-electron chi connectivity index (χ3n) is 2.36. The standard InChI is InChI=1S/C9H11N3O3/c10-7-6(9(14)15)1-2-11-8(7)12-3-5(13)4-12/h1-2,5,13H,3-4,10H2,(H,14,15). The van der Waals surface area contributed by atoms with Crippen LogP contribution in [0.3, 0.4) is 0 Å². The molecule has 0 bridgehead atoms. The van der Waals surface area contributed by atoms with Crippen LogP contribution in [0.15, 0.2) is 12.3 Å². The highest BCUT2D eigenvalue weighted by Gasteiger charge is 2.28. The minimum Gasteiger partial charge on any atom is -0.478 e. The molecule has 0 atom stereocenters. The van der Waals surface area contributed by atoms with E-state index in [1.807, 2.05) is 0 Å². The molecule has 1 fully saturated rings. The molecule has 4 N–H and O–H groups in total. The molecule has 1 aliphatic rings. The van der Waals surface area contributed by atoms with E-state index in [2.05, 4.69) is 4.98 Å². The van der Waals surface area contributed by atoms with Crippen LogP contribution in [-0.2, 0) is 0 Å². The number of hydrogen-bond donors (Lipinski definition) is 3. The number of aromatic nitrogens is 1. The smallest absolute Gasteiger partial charge is 0.337 e. The molecule has 0 spiro atoms. The van der Waals surface area contributed by atoms with Gasteiger partial charge in [-0.05, 0) is 6.07 Å². The van der Waals surface area contributed by atoms with Gasteiger partial charge in [0, 0.05) is 19.3 Å². The van der Waals surface area contributed by atoms with Gasteiger partial charge in [0.15, 0.2) is 5.82 Å². The normalized spacial score (nSPS) is 16.2. The third-order valence-corrected chi connectivity index (χ3v) is 2.36. The fraction of sp³-hybridized carbons (Fsp3) is 0.333. The van der Waals surface area contributed by atoms with Gasteiger partial charge in [0.05, 0.1) is 17.4 Å². The lowest BCUT2D eigenvalue weighted by molar-refractivity contribution is 0.0698. The van der Waals surface area contributed by atoms with Crippen molar-refractivity contribution in [1.29, 1.82) is 0 Å². The lowest BCUT2D eigenvalue weighted by Crippen LogP contribution is -2.51. The van der Waals surface area contributed by atoms with Gasteiger partial charge in [0.25, 0.3) is 0 Å². The fourth-order valence-electron chi connectivity index (χ4n) is 1.53. The Morgan fingerprint density at radius 3 is 2.80 bits per heavy atom. The van der Waals surface area contributed by atoms with Gasteiger partial charge >= 0.3 is 5.97 Å². The second-order valence-corrected chi connectivity index (χ2v) is 3.46. The van der Waals surface area contributed by atoms with Crippen molar-refractivity contribution in [3.05, 3.63) is 17.8 Å². The molecular formula is C9H11N3O3. The van der Waals surface area contributed by atoms with E-state index in [4.69, 9.17) is 15.9 Å². The Bertz CT molecular complexity index is 402. The first kappa shape index (κ1) is 9.72. The molecule has 80 valence electrons. The van der Waals surface area contributed by atoms with Gasteiger partial charge in [-0.2, -0.15) is 0 Å². The number of hydrogen-bond acceptors (Lipinski definition) is 5. The second kappa shape index (κ2) is 3.39. The number of nitrogens with two attached hydrogens (primary N) is 1. The quantitative estimate of drug-likeness (QED) is 0.609. The molecule has 15 heavy (non-hydrogen) atoms. The molecule has 0 saturated carbocycles. The highest BCUT2D eigenvalue weighted by Crippen LogP contribution is 2.27. The Morgan fingerprint density at radius 2 is 2.27 bits per heavy atom. The summed E-state index contributed by atoms with van der Waals surface area (Å²) in [6.07, 6.45) is 1.03. The Balaban J connectivity index is 2.32. The summed E-state index contributed by atoms with van der Waals surface area (Å²) in [4.78, 5) is 16.5. The van der Waals surface area contributed by atoms with Crippen LogP contribution in [0.4, 0.5) is 11.5 Å². The monoisotopic (exact) mass is 209 g/mol. The van der Waals surface area contributed by atoms with Crippen LogP contribution in [0.2, 0.25) is 0 Å². The van der Waals surface area contributed by atoms with Gasteiger partial charge in [-0.1, -0.05) is 0 Å². The Hall–Kier alpha value is -1.82. The summed E-state index contributed by atoms with van der Waals surface area (Å²) in [5.41, 5.74) is 5.87. The molecule has 1 aliphatic heterocycles. The summed E-state index contributed by atoms with van der Waals surface area (Å²) in [5, 5.41) is 18.0. The van der Waals surface area contributed by atoms with Crippen molar-refractivity contribution in [2.75, 3.05) is 23.7 Å². The molecule has 1 saturated heterocycles. The summed E-state index contributed by atoms with van der Waals surface area (Å²) < 4.78 is 0. The molecule has 0 aliphatic carbocycles. The van der Waals surface area contributed by atoms with E-state index in [0.29, 0.717) is 18.9 Å². The van der Waals surface area contributed by atoms with E-state index in [1.54, 1.807) is 4.90 Å². The third kappa shape index (κ3) is 1.59. The molecule has 0 unspecified atom stereocenters. The summed E-state index contributed by atoms with van der Waals surface area (Å²) in [7, 11) is 0. The van der Waals surface area contributed by atoms with Crippen LogP contribution < -0.4 is 10.6 Å². The second-order valence-electron chi connectivity index (χ2n) is 3.46. The molecule has 2 heterocycles. The number of anilines is 2. The molecule has 0 radical (unpaired) electrons. The maximum atomic E-state index is 10.8. The van der Waals surface area contributed by atoms with E-state index in [1.165, 1.54) is 12.3 Å². The number of carbonyl (C=O) groups is 1. The zero-order chi connectivity index (χ0) is 11.0. The lowest BCUT2D eigenvalue weighted by Gasteiger charge is -2.37. The van der Waals surface area contributed by atoms with Crippen molar-refractivity contribution < 1.29 is 15.0 Å². The topological polar surface area (TPSA) is 99.7 Å². The minimum atomic E-state index is -1.07. The average molecular weight is 209 g/mol. The van der Waals surface area contributed by atoms with Crippen molar-refractivity contribution in [3.8, 4) is 0 Å². The summed E-state index contributed by atoms with van der Waals surface area (Å²) in [6.45, 7) is 0.889. The lowest BCUT2D eigenvalue weighted by atomic mass is 10.1. The van der Waals surface area contributed by atoms with E-state index in [-0.39, 0.29) is 17.4 Å². The predicted octanol–water partition coefficient (Wildman–Crippen LogP) is -0.457. The molecular weight excluding hydrogens is 198 g/mol. The van der Waals surface area contributed by atoms with E-state index >= 15 is 0 Å². The summed E-state index contributed by atoms with van der Waals surface area (Å²) in [6, 6.07) is 1.36. The van der Waals surface area contributed by atoms with Crippen molar-refractivity contribution in [2.24, 2.45) is 0 Å². The van der Waals surface area contributed by atoms with Gasteiger partial charge in [0.2, 0.25) is 0 Å². The number of nitrogens with zero attached hydrogens (tertiary/aromatic N) is 2. The minimum absolute atomic E-state index is 0.0430. The number of pyridine rings is 1. The van der Waals surface area contributed by atoms with Crippen LogP contribution in [0.1, 0.15) is 10.4 Å². The van der Waals surface area contributed by atoms with Gasteiger partial charge in [-0.3, -0.25) is 0 Å². The summed E-state index contributed by atoms with van der Waals surface area (Å²) in [5.74, 6) is -0.641. The predicted molar refractivity (Wildman–Crippen MR) is 53.8 cm³/mol. The van der Waals surface area contributed by atoms with Gasteiger partial charge < -0.3 is 20.8 Å². The van der Waals surface area contributed by atoms with Crippen LogP contribution >= 0.6 is 0 Å². The van der Waals surface area contributed by atoms with Crippen LogP contribution in [0, 0.1) is 0 Å². The zero-order valence-electron chi connectivity index (χ0n) is 7.92. The van der Waals surface area contributed by atoms with Crippen molar-refractivity contribution in [1.82, 2.24) is 4.98 Å². The van der Waals surface area contributed by atoms with Crippen molar-refractivity contribution in [2.45, 2.75) is 6.10 Å². The molecule has 6 heteroatoms. The van der Waals surface area contributed by atoms with Crippen molar-refractivity contribution >= 4 is 17.5 Å². The van der Waals surface area contributed by atoms with E-state index in [9.17, 15) is 4.79 Å². The fourth-order valence-corrected chi connectivity index (χ4v) is 1.53. The first-order valence-corrected chi connectivity index (χ1v) is 4.50. The molecule has 1 aromatic heterocycles. The first-order chi connectivity index (χ1) is 7.09. The molecule has 1 aromatic rings.